The smallest absolute Gasteiger partial charge is 0.309 e. The molecule has 0 fully saturated rings. The second kappa shape index (κ2) is 8.84. The zero-order valence-electron chi connectivity index (χ0n) is 3.92. The molecule has 4 nitrogen and oxygen atoms in total. The summed E-state index contributed by atoms with van der Waals surface area (Å²) in [7, 11) is 0. The van der Waals surface area contributed by atoms with Crippen molar-refractivity contribution in [2.24, 2.45) is 17.2 Å². The summed E-state index contributed by atoms with van der Waals surface area (Å²) >= 11 is 0. The van der Waals surface area contributed by atoms with Crippen LogP contribution in [0.4, 0.5) is 4.79 Å². The minimum atomic E-state index is -0.833. The summed E-state index contributed by atoms with van der Waals surface area (Å²) in [6.45, 7) is 3.14. The molecule has 0 saturated heterocycles. The zero-order chi connectivity index (χ0) is 6.28. The molecular formula is C3H9N3O. The fourth-order valence-corrected chi connectivity index (χ4v) is 0. The van der Waals surface area contributed by atoms with E-state index in [-0.39, 0.29) is 0 Å². The largest absolute Gasteiger partial charge is 0.405 e. The minimum Gasteiger partial charge on any atom is -0.405 e. The molecule has 0 aliphatic rings. The Bertz CT molecular complexity index is 57.2. The molecule has 6 N–H and O–H groups in total. The molecule has 0 aliphatic carbocycles. The van der Waals surface area contributed by atoms with Gasteiger partial charge in [0, 0.05) is 0 Å². The fraction of sp³-hybridized carbons (Fsp3) is 0. The number of amides is 2. The van der Waals surface area contributed by atoms with E-state index >= 15 is 0 Å². The van der Waals surface area contributed by atoms with Crippen LogP contribution in [0.25, 0.3) is 0 Å². The van der Waals surface area contributed by atoms with Crippen LogP contribution in [0.5, 0.6) is 0 Å². The Balaban J connectivity index is 0. The topological polar surface area (TPSA) is 95.1 Å². The predicted octanol–water partition coefficient (Wildman–Crippen LogP) is -0.888. The molecule has 0 aromatic carbocycles. The summed E-state index contributed by atoms with van der Waals surface area (Å²) in [5.74, 6) is 0. The monoisotopic (exact) mass is 103 g/mol. The number of hydrogen-bond acceptors (Lipinski definition) is 2. The van der Waals surface area contributed by atoms with E-state index in [2.05, 4.69) is 23.8 Å². The van der Waals surface area contributed by atoms with Crippen molar-refractivity contribution in [2.45, 2.75) is 0 Å². The lowest BCUT2D eigenvalue weighted by molar-refractivity contribution is 0.256. The Morgan fingerprint density at radius 3 is 1.57 bits per heavy atom. The van der Waals surface area contributed by atoms with Gasteiger partial charge in [-0.1, -0.05) is 6.58 Å². The van der Waals surface area contributed by atoms with Crippen LogP contribution in [0.15, 0.2) is 12.8 Å². The predicted molar refractivity (Wildman–Crippen MR) is 28.2 cm³/mol. The van der Waals surface area contributed by atoms with Gasteiger partial charge in [-0.3, -0.25) is 0 Å². The summed E-state index contributed by atoms with van der Waals surface area (Å²) in [5.41, 5.74) is 13.1. The maximum atomic E-state index is 9.00. The van der Waals surface area contributed by atoms with E-state index in [9.17, 15) is 0 Å². The lowest BCUT2D eigenvalue weighted by Gasteiger charge is -1.62. The second-order valence-electron chi connectivity index (χ2n) is 0.638. The summed E-state index contributed by atoms with van der Waals surface area (Å²) in [5, 5.41) is 0. The molecule has 0 spiro atoms. The van der Waals surface area contributed by atoms with Crippen LogP contribution in [0, 0.1) is 0 Å². The van der Waals surface area contributed by atoms with Crippen molar-refractivity contribution in [3.63, 3.8) is 0 Å². The summed E-state index contributed by atoms with van der Waals surface area (Å²) < 4.78 is 0. The van der Waals surface area contributed by atoms with Gasteiger partial charge >= 0.3 is 6.03 Å². The van der Waals surface area contributed by atoms with Gasteiger partial charge < -0.3 is 17.2 Å². The highest BCUT2D eigenvalue weighted by Gasteiger charge is 1.60. The van der Waals surface area contributed by atoms with Crippen molar-refractivity contribution in [3.8, 4) is 0 Å². The van der Waals surface area contributed by atoms with Crippen LogP contribution in [0.1, 0.15) is 0 Å². The van der Waals surface area contributed by atoms with E-state index in [1.165, 1.54) is 6.20 Å². The molecule has 0 atom stereocenters. The molecule has 0 saturated carbocycles. The first-order valence-electron chi connectivity index (χ1n) is 1.52. The molecule has 0 radical (unpaired) electrons. The van der Waals surface area contributed by atoms with Crippen LogP contribution in [-0.4, -0.2) is 6.03 Å². The van der Waals surface area contributed by atoms with Gasteiger partial charge in [-0.05, 0) is 6.20 Å². The molecule has 0 bridgehead atoms. The van der Waals surface area contributed by atoms with Gasteiger partial charge in [0.05, 0.1) is 0 Å². The number of urea groups is 1. The van der Waals surface area contributed by atoms with Gasteiger partial charge in [0.2, 0.25) is 0 Å². The molecule has 42 valence electrons. The van der Waals surface area contributed by atoms with Gasteiger partial charge in [0.1, 0.15) is 0 Å². The highest BCUT2D eigenvalue weighted by Crippen LogP contribution is 1.25. The number of rotatable bonds is 0. The zero-order valence-corrected chi connectivity index (χ0v) is 3.92. The van der Waals surface area contributed by atoms with Gasteiger partial charge in [-0.2, -0.15) is 0 Å². The highest BCUT2D eigenvalue weighted by molar-refractivity contribution is 5.69. The Kier molecular flexibility index (Phi) is 11.7. The number of nitrogens with two attached hydrogens (primary N) is 3. The van der Waals surface area contributed by atoms with Crippen molar-refractivity contribution in [1.82, 2.24) is 0 Å². The highest BCUT2D eigenvalue weighted by atomic mass is 16.2. The van der Waals surface area contributed by atoms with E-state index in [1.54, 1.807) is 0 Å². The molecule has 7 heavy (non-hydrogen) atoms. The van der Waals surface area contributed by atoms with E-state index in [0.717, 1.165) is 0 Å². The molecule has 0 rings (SSSR count). The van der Waals surface area contributed by atoms with Crippen molar-refractivity contribution in [1.29, 1.82) is 0 Å². The molecule has 0 aromatic heterocycles. The normalized spacial score (nSPS) is 5.14. The number of carbonyl (C=O) groups is 1. The number of hydrogen-bond donors (Lipinski definition) is 3. The van der Waals surface area contributed by atoms with E-state index in [4.69, 9.17) is 4.79 Å². The third kappa shape index (κ3) is 26.8. The van der Waals surface area contributed by atoms with Gasteiger partial charge in [-0.15, -0.1) is 0 Å². The average Bonchev–Trinajstić information content (AvgIpc) is 1.33. The molecular weight excluding hydrogens is 94.1 g/mol. The van der Waals surface area contributed by atoms with E-state index in [1.807, 2.05) is 0 Å². The van der Waals surface area contributed by atoms with Gasteiger partial charge in [-0.25, -0.2) is 4.79 Å². The van der Waals surface area contributed by atoms with Crippen molar-refractivity contribution in [2.75, 3.05) is 0 Å². The third-order valence-electron chi connectivity index (χ3n) is 0. The van der Waals surface area contributed by atoms with Crippen molar-refractivity contribution < 1.29 is 4.79 Å². The molecule has 2 amide bonds. The van der Waals surface area contributed by atoms with Crippen LogP contribution in [-0.2, 0) is 0 Å². The minimum absolute atomic E-state index is 0.833. The van der Waals surface area contributed by atoms with Gasteiger partial charge in [0.15, 0.2) is 0 Å². The van der Waals surface area contributed by atoms with E-state index in [0.29, 0.717) is 0 Å². The maximum Gasteiger partial charge on any atom is 0.309 e. The first kappa shape index (κ1) is 9.26. The van der Waals surface area contributed by atoms with Crippen LogP contribution in [0.3, 0.4) is 0 Å². The number of carbonyl (C=O) groups excluding carboxylic acids is 1. The van der Waals surface area contributed by atoms with Crippen LogP contribution < -0.4 is 17.2 Å². The Morgan fingerprint density at radius 2 is 1.57 bits per heavy atom. The number of primary amides is 2. The fourth-order valence-electron chi connectivity index (χ4n) is 0. The van der Waals surface area contributed by atoms with Gasteiger partial charge in [0.25, 0.3) is 0 Å². The molecule has 0 aromatic rings. The maximum absolute atomic E-state index is 9.00. The van der Waals surface area contributed by atoms with Crippen molar-refractivity contribution >= 4 is 6.03 Å². The van der Waals surface area contributed by atoms with Crippen molar-refractivity contribution in [3.05, 3.63) is 12.8 Å². The van der Waals surface area contributed by atoms with Crippen LogP contribution in [0.2, 0.25) is 0 Å². The molecule has 4 heteroatoms. The first-order valence-corrected chi connectivity index (χ1v) is 1.52. The van der Waals surface area contributed by atoms with Crippen LogP contribution >= 0.6 is 0 Å². The third-order valence-corrected chi connectivity index (χ3v) is 0. The summed E-state index contributed by atoms with van der Waals surface area (Å²) in [6, 6.07) is -0.833. The standard InChI is InChI=1S/C2H5N.CH4N2O/c1-2-3;2-1(3)4/h2H,1,3H2;(H4,2,3,4). The molecule has 0 unspecified atom stereocenters. The second-order valence-corrected chi connectivity index (χ2v) is 0.638. The Morgan fingerprint density at radius 1 is 1.57 bits per heavy atom. The quantitative estimate of drug-likeness (QED) is 0.371. The lowest BCUT2D eigenvalue weighted by Crippen LogP contribution is -2.18. The first-order chi connectivity index (χ1) is 3.15. The average molecular weight is 103 g/mol. The summed E-state index contributed by atoms with van der Waals surface area (Å²) in [6.07, 6.45) is 1.25. The summed E-state index contributed by atoms with van der Waals surface area (Å²) in [4.78, 5) is 9.00. The lowest BCUT2D eigenvalue weighted by atomic mass is 11.1. The molecule has 0 heterocycles. The molecule has 0 aliphatic heterocycles. The van der Waals surface area contributed by atoms with E-state index < -0.39 is 6.03 Å². The SMILES string of the molecule is C=CN.NC(N)=O. The Hall–Kier alpha value is -1.19. The Labute approximate surface area is 42.0 Å².